The van der Waals surface area contributed by atoms with E-state index in [1.165, 1.54) is 78.3 Å². The van der Waals surface area contributed by atoms with Gasteiger partial charge in [0.1, 0.15) is 90.7 Å². The molecule has 3 amide bonds. The second kappa shape index (κ2) is 46.7. The van der Waals surface area contributed by atoms with Crippen molar-refractivity contribution in [1.29, 1.82) is 0 Å². The topological polar surface area (TPSA) is 483 Å². The van der Waals surface area contributed by atoms with Crippen LogP contribution in [-0.2, 0) is 168 Å². The Hall–Kier alpha value is -11.9. The summed E-state index contributed by atoms with van der Waals surface area (Å²) in [6, 6.07) is 20.9. The average Bonchev–Trinajstić information content (AvgIpc) is 1.59. The molecule has 8 fully saturated rings. The Bertz CT molecular complexity index is 6790. The van der Waals surface area contributed by atoms with Crippen LogP contribution in [0.5, 0.6) is 0 Å². The van der Waals surface area contributed by atoms with Crippen molar-refractivity contribution in [1.82, 2.24) is 99.0 Å². The molecule has 0 bridgehead atoms. The molecule has 20 rings (SSSR count). The summed E-state index contributed by atoms with van der Waals surface area (Å²) in [5.41, 5.74) is 10.7. The molecule has 724 valence electrons. The van der Waals surface area contributed by atoms with Gasteiger partial charge in [-0.25, -0.2) is 54.3 Å². The average molecular weight is 2060 g/mol. The molecule has 4 saturated carbocycles. The number of benzene rings is 4. The summed E-state index contributed by atoms with van der Waals surface area (Å²) >= 11 is 24.2. The minimum Gasteiger partial charge on any atom is -0.480 e. The predicted octanol–water partition coefficient (Wildman–Crippen LogP) is 8.90. The van der Waals surface area contributed by atoms with Crippen LogP contribution in [0.25, 0.3) is 88.1 Å². The summed E-state index contributed by atoms with van der Waals surface area (Å²) in [6.07, 6.45) is 19.5. The second-order valence-corrected chi connectivity index (χ2v) is 38.9. The normalized spacial score (nSPS) is 20.2. The Morgan fingerprint density at radius 1 is 0.413 bits per heavy atom. The van der Waals surface area contributed by atoms with E-state index in [2.05, 4.69) is 137 Å². The number of nitrogens with zero attached hydrogens (tertiary/aromatic N) is 19. The maximum absolute atomic E-state index is 13.2. The first kappa shape index (κ1) is 107. The zero-order valence-electron chi connectivity index (χ0n) is 75.3. The van der Waals surface area contributed by atoms with Crippen molar-refractivity contribution in [2.24, 2.45) is 23.7 Å². The molecule has 4 aromatic carbocycles. The first-order valence-electron chi connectivity index (χ1n) is 42.7. The number of ether oxygens (including phenoxy) is 2. The number of carbonyl (C=O) groups excluding carboxylic acids is 8. The molecule has 47 heteroatoms. The molecule has 4 aliphatic heterocycles. The maximum Gasteiger partial charge on any atom is 0.328 e. The summed E-state index contributed by atoms with van der Waals surface area (Å²) in [5.74, 6) is -0.356. The van der Waals surface area contributed by atoms with E-state index in [9.17, 15) is 68.1 Å². The van der Waals surface area contributed by atoms with E-state index >= 15 is 0 Å². The molecule has 8 aliphatic rings. The number of nitrogens with one attached hydrogen (secondary N) is 1. The highest BCUT2D eigenvalue weighted by Crippen LogP contribution is 2.51. The van der Waals surface area contributed by atoms with Gasteiger partial charge in [0.15, 0.2) is 17.3 Å². The minimum absolute atomic E-state index is 0. The number of esters is 2. The number of fused-ring (bicyclic) bond motifs is 8. The number of hydrogen-bond acceptors (Lipinski definition) is 33. The monoisotopic (exact) mass is 2060 g/mol. The Morgan fingerprint density at radius 2 is 0.703 bits per heavy atom. The number of carbonyl (C=O) groups is 11. The van der Waals surface area contributed by atoms with Crippen LogP contribution in [-0.4, -0.2) is 242 Å². The fourth-order valence-corrected chi connectivity index (χ4v) is 17.8. The molecule has 12 heterocycles. The molecule has 37 nitrogen and oxygen atoms in total. The van der Waals surface area contributed by atoms with Gasteiger partial charge >= 0.3 is 29.8 Å². The molecule has 12 aromatic rings. The molecule has 4 aliphatic carbocycles. The minimum atomic E-state index is -1.01. The lowest BCUT2D eigenvalue weighted by atomic mass is 10.0. The number of aliphatic carboxylic acids is 3. The van der Waals surface area contributed by atoms with E-state index in [0.29, 0.717) is 110 Å². The van der Waals surface area contributed by atoms with Crippen LogP contribution < -0.4 is 5.32 Å². The van der Waals surface area contributed by atoms with Crippen molar-refractivity contribution >= 4 is 216 Å². The first-order chi connectivity index (χ1) is 65.1. The number of amides is 3. The van der Waals surface area contributed by atoms with Crippen LogP contribution in [0.4, 0.5) is 0 Å². The van der Waals surface area contributed by atoms with E-state index < -0.39 is 42.1 Å². The number of likely N-dealkylation sites (tertiary alicyclic amines) is 3. The number of hydrogen-bond donors (Lipinski definition) is 5. The summed E-state index contributed by atoms with van der Waals surface area (Å²) < 4.78 is 15.4. The molecule has 5 unspecified atom stereocenters. The molecule has 8 aromatic heterocycles. The van der Waals surface area contributed by atoms with Crippen LogP contribution in [0.3, 0.4) is 0 Å². The van der Waals surface area contributed by atoms with E-state index in [1.54, 1.807) is 90.7 Å². The van der Waals surface area contributed by atoms with E-state index in [0.717, 1.165) is 90.4 Å². The number of aryl methyl sites for hydroxylation is 4. The molecule has 4 saturated heterocycles. The lowest BCUT2D eigenvalue weighted by molar-refractivity contribution is -0.152. The smallest absolute Gasteiger partial charge is 0.328 e. The fourth-order valence-electron chi connectivity index (χ4n) is 17.8. The third-order valence-electron chi connectivity index (χ3n) is 24.6. The van der Waals surface area contributed by atoms with Crippen molar-refractivity contribution in [3.05, 3.63) is 168 Å². The summed E-state index contributed by atoms with van der Waals surface area (Å²) in [7, 11) is 6.04. The molecular weight excluding hydrogens is 1970 g/mol. The van der Waals surface area contributed by atoms with E-state index in [4.69, 9.17) is 9.84 Å². The van der Waals surface area contributed by atoms with Gasteiger partial charge in [-0.05, 0) is 180 Å². The third kappa shape index (κ3) is 24.5. The van der Waals surface area contributed by atoms with Gasteiger partial charge in [0.25, 0.3) is 0 Å². The number of methoxy groups -OCH3 is 2. The van der Waals surface area contributed by atoms with Crippen LogP contribution in [0, 0.1) is 51.4 Å². The Kier molecular flexibility index (Phi) is 36.1. The molecule has 0 spiro atoms. The summed E-state index contributed by atoms with van der Waals surface area (Å²) in [4.78, 5) is 171. The zero-order valence-corrected chi connectivity index (χ0v) is 83.7. The highest BCUT2D eigenvalue weighted by Gasteiger charge is 2.59. The Balaban J connectivity index is 0.000000165. The third-order valence-corrected chi connectivity index (χ3v) is 26.9. The summed E-state index contributed by atoms with van der Waals surface area (Å²) in [5, 5.41) is 61.5. The fraction of sp³-hybridized carbons (Fsp3) is 0.396. The number of piperidine rings is 4. The van der Waals surface area contributed by atoms with Crippen LogP contribution in [0.15, 0.2) is 122 Å². The van der Waals surface area contributed by atoms with Crippen molar-refractivity contribution in [3.8, 4) is 44.5 Å². The Labute approximate surface area is 836 Å². The van der Waals surface area contributed by atoms with Crippen molar-refractivity contribution in [2.75, 3.05) is 14.2 Å². The highest BCUT2D eigenvalue weighted by atomic mass is 33.2. The van der Waals surface area contributed by atoms with Gasteiger partial charge in [-0.3, -0.25) is 57.1 Å². The van der Waals surface area contributed by atoms with Gasteiger partial charge in [-0.15, -0.1) is 0 Å². The number of carboxylic acid groups (broad SMARTS) is 3. The van der Waals surface area contributed by atoms with Crippen molar-refractivity contribution in [2.45, 2.75) is 195 Å². The lowest BCUT2D eigenvalue weighted by Gasteiger charge is -2.25. The predicted molar refractivity (Wildman–Crippen MR) is 538 cm³/mol. The van der Waals surface area contributed by atoms with E-state index in [-0.39, 0.29) is 136 Å². The van der Waals surface area contributed by atoms with Crippen LogP contribution >= 0.6 is 13.5 Å². The zero-order chi connectivity index (χ0) is 98.1. The number of rotatable bonds is 20. The van der Waals surface area contributed by atoms with Crippen LogP contribution in [0.1, 0.15) is 153 Å². The lowest BCUT2D eigenvalue weighted by Crippen LogP contribution is -2.45. The first-order valence-corrected chi connectivity index (χ1v) is 50.7. The molecule has 138 heavy (non-hydrogen) atoms. The SMILES string of the molecule is C.CC(=O)c1nn(CC(=O)N2C3C[C@@H]3C[C@H]2C(=O)O)c2ccc(-c3cnc(C)nc3)cc12.CC(=O)c1nn(CC(=O)O)c2ccc(-c3cnc(C)nc3)cc12.COC(=O)[C@@H]1C[C@H]2CC2N1.COC(=O)[C@@H]1C[C@H]2CC2N1C(=O)Cn1nc(C(C)=O)c2cc(-c3cnc(C)nc3)ccc21.Cc1ncc(-c2ccc3c(c2)c(C(C)O)nn3CC(=O)N2C3C[C@@H]3C[C@H]2C(=O)O)cn1.S.S=S.S=S=S.S=S=S=S. The highest BCUT2D eigenvalue weighted by molar-refractivity contribution is 8.51. The van der Waals surface area contributed by atoms with E-state index in [1.807, 2.05) is 80.6 Å². The standard InChI is InChI=1S/C23H23N5O4.C22H23N5O4.C22H21N5O4.C16H14N4O3.C7H11NO2.CH4.S4.S3.S2.H2S/c1-12(29)22-17-6-14(16-9-24-13(2)25-10-16)4-5-18(17)27(26-22)11-21(30)28-19-7-15(19)8-20(28)23(31)32-3;2*1-11(28)21-16-5-13(15-8-23-12(2)24-9-15)3-4-17(16)26(25-21)10-20(29)27-18-6-14(18)7-19(27)22(30)31;1-9(21)16-13-5-11(12-6-17-10(2)18-7-12)3-4-14(13)20(19-16)8-15(22)23;1-10-7(9)6-3-4-2-5(4)8-6;;1-3-4-2;1-3-2;1-2;/h4-6,9-10,15,19-20H,7-8,11H2,1-3H3;3-5,8-9,11,14,18-19,28H,6-7,10H2,1-2H3,(H,30,31);3-5,8-9,14,18-19H,6-7,10H2,1-2H3,(H,30,31);3-7H,8H2,1-2H3,(H,22,23);4-6,8H,2-3H2,1H3;1H4;;;;1H2/t15-,19?,20+;11?,14-,18?,19+;14-,18?,19+;;4-,5?,6+;;;;;/m111.1...../s1. The number of carboxylic acids is 3. The number of aliphatic hydroxyl groups is 1. The second-order valence-electron chi connectivity index (χ2n) is 33.6. The van der Waals surface area contributed by atoms with Crippen molar-refractivity contribution < 1.29 is 82.6 Å². The number of aromatic nitrogens is 16. The molecule has 0 radical (unpaired) electrons. The van der Waals surface area contributed by atoms with Gasteiger partial charge in [0, 0.05) is 232 Å². The molecule has 13 atom stereocenters. The van der Waals surface area contributed by atoms with Gasteiger partial charge in [0.05, 0.1) is 48.1 Å². The maximum atomic E-state index is 13.2. The van der Waals surface area contributed by atoms with Gasteiger partial charge in [-0.2, -0.15) is 33.9 Å². The van der Waals surface area contributed by atoms with Gasteiger partial charge in [-0.1, -0.05) is 31.7 Å². The van der Waals surface area contributed by atoms with Gasteiger partial charge in [0.2, 0.25) is 17.7 Å². The van der Waals surface area contributed by atoms with Crippen molar-refractivity contribution in [3.63, 3.8) is 0 Å². The quantitative estimate of drug-likeness (QED) is 0.0351. The molecular formula is C91H98N20O17S10. The number of ketones is 3. The molecule has 5 N–H and O–H groups in total. The Morgan fingerprint density at radius 3 is 0.978 bits per heavy atom. The number of Topliss-reactive ketones (excluding diaryl/α,β-unsaturated/α-hetero) is 3. The largest absolute Gasteiger partial charge is 0.480 e. The number of aliphatic hydroxyl groups excluding tert-OH is 1. The van der Waals surface area contributed by atoms with Crippen LogP contribution in [0.2, 0.25) is 0 Å². The van der Waals surface area contributed by atoms with Gasteiger partial charge < -0.3 is 49.9 Å². The summed E-state index contributed by atoms with van der Waals surface area (Å²) in [6.45, 7) is 12.7.